The van der Waals surface area contributed by atoms with Gasteiger partial charge in [-0.1, -0.05) is 136 Å². The molecule has 0 spiro atoms. The van der Waals surface area contributed by atoms with Gasteiger partial charge in [0.05, 0.1) is 12.1 Å². The number of nitrogens with one attached hydrogen (secondary N) is 2. The van der Waals surface area contributed by atoms with Crippen molar-refractivity contribution in [3.63, 3.8) is 0 Å². The Labute approximate surface area is 249 Å². The van der Waals surface area contributed by atoms with Crippen LogP contribution in [0.3, 0.4) is 0 Å². The van der Waals surface area contributed by atoms with Gasteiger partial charge in [-0.2, -0.15) is 0 Å². The van der Waals surface area contributed by atoms with Crippen LogP contribution in [0.5, 0.6) is 0 Å². The van der Waals surface area contributed by atoms with E-state index in [0.29, 0.717) is 12.8 Å². The summed E-state index contributed by atoms with van der Waals surface area (Å²) in [5.41, 5.74) is 9.68. The van der Waals surface area contributed by atoms with Gasteiger partial charge in [-0.05, 0) is 57.3 Å². The predicted molar refractivity (Wildman–Crippen MR) is 170 cm³/mol. The molecule has 2 aliphatic carbocycles. The van der Waals surface area contributed by atoms with E-state index in [-0.39, 0.29) is 23.9 Å². The molecular formula is C38H40N2O2. The largest absolute Gasteiger partial charge is 0.345 e. The topological polar surface area (TPSA) is 58.2 Å². The van der Waals surface area contributed by atoms with Gasteiger partial charge in [0.25, 0.3) is 0 Å². The number of benzene rings is 4. The molecule has 0 saturated carbocycles. The highest BCUT2D eigenvalue weighted by Crippen LogP contribution is 2.44. The van der Waals surface area contributed by atoms with E-state index in [1.165, 1.54) is 57.3 Å². The average molecular weight is 557 g/mol. The minimum Gasteiger partial charge on any atom is -0.345 e. The molecule has 0 radical (unpaired) electrons. The summed E-state index contributed by atoms with van der Waals surface area (Å²) in [5.74, 6) is 0.267. The minimum absolute atomic E-state index is 0.0447. The van der Waals surface area contributed by atoms with Gasteiger partial charge in [0, 0.05) is 12.8 Å². The molecule has 4 aromatic rings. The Hall–Kier alpha value is -4.18. The molecule has 2 aliphatic rings. The predicted octanol–water partition coefficient (Wildman–Crippen LogP) is 8.66. The molecule has 0 bridgehead atoms. The first-order valence-electron chi connectivity index (χ1n) is 15.7. The van der Waals surface area contributed by atoms with Crippen LogP contribution in [0.25, 0.3) is 22.3 Å². The molecule has 4 aromatic carbocycles. The Morgan fingerprint density at radius 2 is 0.667 bits per heavy atom. The van der Waals surface area contributed by atoms with Crippen LogP contribution in [0.15, 0.2) is 97.1 Å². The molecule has 0 saturated heterocycles. The fourth-order valence-corrected chi connectivity index (χ4v) is 6.72. The second kappa shape index (κ2) is 13.2. The number of carbonyl (C=O) groups excluding carboxylic acids is 2. The van der Waals surface area contributed by atoms with E-state index in [4.69, 9.17) is 0 Å². The monoisotopic (exact) mass is 556 g/mol. The van der Waals surface area contributed by atoms with Gasteiger partial charge < -0.3 is 10.6 Å². The van der Waals surface area contributed by atoms with E-state index in [1.54, 1.807) is 0 Å². The summed E-state index contributed by atoms with van der Waals surface area (Å²) in [5, 5.41) is 6.57. The first-order chi connectivity index (χ1) is 20.7. The molecule has 0 fully saturated rings. The lowest BCUT2D eigenvalue weighted by atomic mass is 10.0. The number of unbranched alkanes of at least 4 members (excludes halogenated alkanes) is 7. The number of carbonyl (C=O) groups is 2. The molecule has 0 atom stereocenters. The van der Waals surface area contributed by atoms with E-state index < -0.39 is 0 Å². The van der Waals surface area contributed by atoms with Crippen molar-refractivity contribution in [2.24, 2.45) is 0 Å². The number of fused-ring (bicyclic) bond motifs is 6. The van der Waals surface area contributed by atoms with Crippen molar-refractivity contribution < 1.29 is 9.59 Å². The Morgan fingerprint density at radius 3 is 0.976 bits per heavy atom. The molecule has 42 heavy (non-hydrogen) atoms. The van der Waals surface area contributed by atoms with Crippen molar-refractivity contribution in [2.45, 2.75) is 76.3 Å². The second-order valence-corrected chi connectivity index (χ2v) is 11.7. The van der Waals surface area contributed by atoms with E-state index in [2.05, 4.69) is 83.4 Å². The van der Waals surface area contributed by atoms with E-state index in [0.717, 1.165) is 38.5 Å². The lowest BCUT2D eigenvalue weighted by molar-refractivity contribution is -0.122. The summed E-state index contributed by atoms with van der Waals surface area (Å²) in [6.07, 6.45) is 9.85. The number of amides is 2. The minimum atomic E-state index is -0.0447. The van der Waals surface area contributed by atoms with Crippen molar-refractivity contribution in [3.8, 4) is 22.3 Å². The third-order valence-electron chi connectivity index (χ3n) is 8.84. The maximum atomic E-state index is 12.8. The number of hydrogen-bond acceptors (Lipinski definition) is 2. The third-order valence-corrected chi connectivity index (χ3v) is 8.84. The number of rotatable bonds is 13. The maximum absolute atomic E-state index is 12.8. The zero-order valence-electron chi connectivity index (χ0n) is 24.3. The average Bonchev–Trinajstić information content (AvgIpc) is 3.51. The van der Waals surface area contributed by atoms with Crippen LogP contribution in [0, 0.1) is 0 Å². The van der Waals surface area contributed by atoms with Crippen LogP contribution in [-0.4, -0.2) is 11.8 Å². The number of hydrogen-bond donors (Lipinski definition) is 2. The standard InChI is InChI=1S/C38H40N2O2/c41-35(39-37-31-21-13-9-17-27(31)28-18-10-14-22-32(28)37)25-7-5-3-1-2-4-6-8-26-36(42)40-38-33-23-15-11-19-29(33)30-20-12-16-24-34(30)38/h9-24,37-38H,1-8,25-26H2,(H,39,41)(H,40,42). The Kier molecular flexibility index (Phi) is 8.79. The van der Waals surface area contributed by atoms with Crippen molar-refractivity contribution in [2.75, 3.05) is 0 Å². The molecular weight excluding hydrogens is 516 g/mol. The Balaban J connectivity index is 0.837. The van der Waals surface area contributed by atoms with Gasteiger partial charge in [0.1, 0.15) is 0 Å². The summed E-state index contributed by atoms with van der Waals surface area (Å²) >= 11 is 0. The summed E-state index contributed by atoms with van der Waals surface area (Å²) in [7, 11) is 0. The van der Waals surface area contributed by atoms with Crippen LogP contribution in [-0.2, 0) is 9.59 Å². The molecule has 214 valence electrons. The van der Waals surface area contributed by atoms with Gasteiger partial charge in [0.15, 0.2) is 0 Å². The maximum Gasteiger partial charge on any atom is 0.220 e. The quantitative estimate of drug-likeness (QED) is 0.162. The highest BCUT2D eigenvalue weighted by molar-refractivity contribution is 5.84. The molecule has 0 aliphatic heterocycles. The van der Waals surface area contributed by atoms with Crippen LogP contribution >= 0.6 is 0 Å². The summed E-state index contributed by atoms with van der Waals surface area (Å²) in [6.45, 7) is 0. The van der Waals surface area contributed by atoms with Gasteiger partial charge >= 0.3 is 0 Å². The second-order valence-electron chi connectivity index (χ2n) is 11.7. The third kappa shape index (κ3) is 6.04. The Morgan fingerprint density at radius 1 is 0.405 bits per heavy atom. The molecule has 4 heteroatoms. The highest BCUT2D eigenvalue weighted by Gasteiger charge is 2.30. The molecule has 0 unspecified atom stereocenters. The van der Waals surface area contributed by atoms with Gasteiger partial charge in [-0.15, -0.1) is 0 Å². The normalized spacial score (nSPS) is 13.2. The fraction of sp³-hybridized carbons (Fsp3) is 0.316. The van der Waals surface area contributed by atoms with Crippen LogP contribution < -0.4 is 10.6 Å². The fourth-order valence-electron chi connectivity index (χ4n) is 6.72. The first kappa shape index (κ1) is 28.0. The van der Waals surface area contributed by atoms with Crippen LogP contribution in [0.1, 0.15) is 98.5 Å². The lowest BCUT2D eigenvalue weighted by Crippen LogP contribution is -2.27. The van der Waals surface area contributed by atoms with E-state index in [9.17, 15) is 9.59 Å². The van der Waals surface area contributed by atoms with Crippen molar-refractivity contribution in [1.29, 1.82) is 0 Å². The van der Waals surface area contributed by atoms with Crippen molar-refractivity contribution in [3.05, 3.63) is 119 Å². The molecule has 0 aromatic heterocycles. The van der Waals surface area contributed by atoms with Crippen molar-refractivity contribution in [1.82, 2.24) is 10.6 Å². The van der Waals surface area contributed by atoms with Gasteiger partial charge in [-0.3, -0.25) is 9.59 Å². The van der Waals surface area contributed by atoms with Crippen LogP contribution in [0.2, 0.25) is 0 Å². The summed E-state index contributed by atoms with van der Waals surface area (Å²) < 4.78 is 0. The van der Waals surface area contributed by atoms with E-state index >= 15 is 0 Å². The molecule has 6 rings (SSSR count). The molecule has 4 nitrogen and oxygen atoms in total. The van der Waals surface area contributed by atoms with Crippen molar-refractivity contribution >= 4 is 11.8 Å². The smallest absolute Gasteiger partial charge is 0.220 e. The summed E-state index contributed by atoms with van der Waals surface area (Å²) in [6, 6.07) is 33.4. The SMILES string of the molecule is O=C(CCCCCCCCCCC(=O)NC1c2ccccc2-c2ccccc21)NC1c2ccccc2-c2ccccc21. The van der Waals surface area contributed by atoms with Gasteiger partial charge in [-0.25, -0.2) is 0 Å². The molecule has 2 amide bonds. The van der Waals surface area contributed by atoms with Gasteiger partial charge in [0.2, 0.25) is 11.8 Å². The molecule has 0 heterocycles. The van der Waals surface area contributed by atoms with Crippen LogP contribution in [0.4, 0.5) is 0 Å². The lowest BCUT2D eigenvalue weighted by Gasteiger charge is -2.16. The zero-order chi connectivity index (χ0) is 28.7. The zero-order valence-corrected chi connectivity index (χ0v) is 24.3. The summed E-state index contributed by atoms with van der Waals surface area (Å²) in [4.78, 5) is 25.5. The van der Waals surface area contributed by atoms with E-state index in [1.807, 2.05) is 24.3 Å². The molecule has 2 N–H and O–H groups in total. The first-order valence-corrected chi connectivity index (χ1v) is 15.7. The Bertz CT molecular complexity index is 1350. The highest BCUT2D eigenvalue weighted by atomic mass is 16.2.